The zero-order valence-corrected chi connectivity index (χ0v) is 26.5. The van der Waals surface area contributed by atoms with Gasteiger partial charge in [0.05, 0.1) is 28.3 Å². The predicted octanol–water partition coefficient (Wildman–Crippen LogP) is 6.42. The van der Waals surface area contributed by atoms with Crippen LogP contribution in [0.4, 0.5) is 10.1 Å². The summed E-state index contributed by atoms with van der Waals surface area (Å²) in [5.41, 5.74) is 0.776. The van der Waals surface area contributed by atoms with Gasteiger partial charge in [-0.25, -0.2) is 4.39 Å². The van der Waals surface area contributed by atoms with E-state index in [4.69, 9.17) is 16.3 Å². The van der Waals surface area contributed by atoms with Crippen LogP contribution in [0, 0.1) is 23.6 Å². The predicted molar refractivity (Wildman–Crippen MR) is 171 cm³/mol. The summed E-state index contributed by atoms with van der Waals surface area (Å²) in [6.07, 6.45) is 4.70. The highest BCUT2D eigenvalue weighted by Gasteiger charge is 2.59. The molecule has 4 aliphatic rings. The SMILES string of the molecule is O=C(Nc1cc(F)c(CC(=O)C(OC2CCC(C(=O)O)CC2)(N2CCCC2)N2CC3CC3C2)cc1Cl)c1csc2ccccc12. The number of carbonyl (C=O) groups excluding carboxylic acids is 2. The Bertz CT molecular complexity index is 1620. The lowest BCUT2D eigenvalue weighted by molar-refractivity contribution is -0.254. The van der Waals surface area contributed by atoms with Crippen molar-refractivity contribution < 1.29 is 28.6 Å². The van der Waals surface area contributed by atoms with E-state index in [0.717, 1.165) is 42.4 Å². The summed E-state index contributed by atoms with van der Waals surface area (Å²) in [5, 5.41) is 15.0. The summed E-state index contributed by atoms with van der Waals surface area (Å²) in [6, 6.07) is 10.2. The zero-order valence-electron chi connectivity index (χ0n) is 25.0. The first-order valence-electron chi connectivity index (χ1n) is 15.9. The molecule has 2 aliphatic carbocycles. The molecule has 2 aliphatic heterocycles. The van der Waals surface area contributed by atoms with E-state index in [9.17, 15) is 19.5 Å². The van der Waals surface area contributed by atoms with Gasteiger partial charge >= 0.3 is 5.97 Å². The minimum absolute atomic E-state index is 0.141. The Labute approximate surface area is 270 Å². The number of Topliss-reactive ketones (excluding diaryl/α,β-unsaturated/α-hetero) is 1. The Morgan fingerprint density at radius 3 is 2.47 bits per heavy atom. The Kier molecular flexibility index (Phi) is 8.45. The number of nitrogens with one attached hydrogen (secondary N) is 1. The van der Waals surface area contributed by atoms with Gasteiger partial charge in [0.2, 0.25) is 5.85 Å². The quantitative estimate of drug-likeness (QED) is 0.261. The Morgan fingerprint density at radius 1 is 1.04 bits per heavy atom. The number of carboxylic acids is 1. The van der Waals surface area contributed by atoms with Gasteiger partial charge in [-0.2, -0.15) is 0 Å². The lowest BCUT2D eigenvalue weighted by Gasteiger charge is -2.49. The van der Waals surface area contributed by atoms with E-state index >= 15 is 4.39 Å². The maximum absolute atomic E-state index is 15.7. The van der Waals surface area contributed by atoms with Crippen LogP contribution in [0.3, 0.4) is 0 Å². The third-order valence-electron chi connectivity index (χ3n) is 10.1. The molecule has 1 amide bonds. The summed E-state index contributed by atoms with van der Waals surface area (Å²) in [6.45, 7) is 2.91. The maximum atomic E-state index is 15.7. The number of amides is 1. The number of hydrogen-bond acceptors (Lipinski definition) is 7. The Balaban J connectivity index is 1.14. The molecule has 0 spiro atoms. The highest BCUT2D eigenvalue weighted by molar-refractivity contribution is 7.17. The summed E-state index contributed by atoms with van der Waals surface area (Å²) >= 11 is 8.06. The molecule has 2 saturated heterocycles. The van der Waals surface area contributed by atoms with Gasteiger partial charge in [-0.15, -0.1) is 11.3 Å². The fraction of sp³-hybridized carbons (Fsp3) is 0.500. The standard InChI is InChI=1S/C34H37ClFN3O5S/c35-27-14-21(28(36)16-29(27)37-32(41)26-19-45-30-6-2-1-5-25(26)30)15-31(40)34(38-11-3-4-12-38,39-17-22-13-23(22)18-39)44-24-9-7-20(8-10-24)33(42)43/h1-2,5-6,14,16,19-20,22-24H,3-4,7-13,15,17-18H2,(H,37,41)(H,42,43). The molecule has 7 rings (SSSR count). The van der Waals surface area contributed by atoms with Gasteiger partial charge in [0.15, 0.2) is 5.78 Å². The van der Waals surface area contributed by atoms with E-state index in [-0.39, 0.29) is 40.5 Å². The van der Waals surface area contributed by atoms with E-state index in [0.29, 0.717) is 56.2 Å². The van der Waals surface area contributed by atoms with Crippen LogP contribution in [0.5, 0.6) is 0 Å². The fourth-order valence-corrected chi connectivity index (χ4v) is 8.72. The average molecular weight is 654 g/mol. The molecule has 3 heterocycles. The molecule has 3 unspecified atom stereocenters. The number of halogens is 2. The number of aliphatic carboxylic acids is 1. The molecule has 0 bridgehead atoms. The average Bonchev–Trinajstić information content (AvgIpc) is 3.44. The number of hydrogen-bond donors (Lipinski definition) is 2. The van der Waals surface area contributed by atoms with Gasteiger partial charge in [0.1, 0.15) is 5.82 Å². The lowest BCUT2D eigenvalue weighted by Crippen LogP contribution is -2.67. The minimum atomic E-state index is -1.34. The molecule has 0 radical (unpaired) electrons. The third kappa shape index (κ3) is 5.91. The number of carboxylic acid groups (broad SMARTS) is 1. The second kappa shape index (κ2) is 12.4. The zero-order chi connectivity index (χ0) is 31.3. The van der Waals surface area contributed by atoms with E-state index in [1.54, 1.807) is 5.38 Å². The number of anilines is 1. The number of ether oxygens (including phenoxy) is 1. The number of likely N-dealkylation sites (tertiary alicyclic amines) is 2. The summed E-state index contributed by atoms with van der Waals surface area (Å²) in [5.74, 6) is -2.68. The lowest BCUT2D eigenvalue weighted by atomic mass is 9.87. The minimum Gasteiger partial charge on any atom is -0.481 e. The Morgan fingerprint density at radius 2 is 1.76 bits per heavy atom. The van der Waals surface area contributed by atoms with Gasteiger partial charge in [-0.1, -0.05) is 29.8 Å². The topological polar surface area (TPSA) is 99.2 Å². The third-order valence-corrected chi connectivity index (χ3v) is 11.4. The molecule has 8 nitrogen and oxygen atoms in total. The van der Waals surface area contributed by atoms with Crippen LogP contribution in [-0.4, -0.2) is 70.7 Å². The number of nitrogens with zero attached hydrogens (tertiary/aromatic N) is 2. The first-order valence-corrected chi connectivity index (χ1v) is 17.2. The molecule has 4 fully saturated rings. The van der Waals surface area contributed by atoms with E-state index < -0.39 is 23.6 Å². The van der Waals surface area contributed by atoms with Crippen molar-refractivity contribution in [2.45, 2.75) is 63.3 Å². The van der Waals surface area contributed by atoms with Gasteiger partial charge in [0.25, 0.3) is 5.91 Å². The van der Waals surface area contributed by atoms with Crippen LogP contribution >= 0.6 is 22.9 Å². The van der Waals surface area contributed by atoms with Crippen LogP contribution < -0.4 is 5.32 Å². The van der Waals surface area contributed by atoms with Gasteiger partial charge < -0.3 is 15.2 Å². The highest BCUT2D eigenvalue weighted by Crippen LogP contribution is 2.49. The van der Waals surface area contributed by atoms with E-state index in [1.165, 1.54) is 23.5 Å². The molecule has 2 N–H and O–H groups in total. The molecular formula is C34H37ClFN3O5S. The molecule has 3 aromatic rings. The second-order valence-corrected chi connectivity index (χ2v) is 14.3. The van der Waals surface area contributed by atoms with Crippen molar-refractivity contribution in [2.75, 3.05) is 31.5 Å². The van der Waals surface area contributed by atoms with E-state index in [1.807, 2.05) is 24.3 Å². The fourth-order valence-electron chi connectivity index (χ4n) is 7.54. The molecule has 3 atom stereocenters. The monoisotopic (exact) mass is 653 g/mol. The van der Waals surface area contributed by atoms with Crippen molar-refractivity contribution in [2.24, 2.45) is 17.8 Å². The Hall–Kier alpha value is -2.89. The molecule has 1 aromatic heterocycles. The summed E-state index contributed by atoms with van der Waals surface area (Å²) < 4.78 is 23.6. The number of piperidine rings is 1. The van der Waals surface area contributed by atoms with Crippen molar-refractivity contribution in [3.05, 3.63) is 63.7 Å². The first-order chi connectivity index (χ1) is 21.7. The maximum Gasteiger partial charge on any atom is 0.306 e. The smallest absolute Gasteiger partial charge is 0.306 e. The van der Waals surface area contributed by atoms with Crippen molar-refractivity contribution in [1.82, 2.24) is 9.80 Å². The van der Waals surface area contributed by atoms with Crippen molar-refractivity contribution >= 4 is 56.4 Å². The van der Waals surface area contributed by atoms with Crippen LogP contribution in [0.2, 0.25) is 5.02 Å². The van der Waals surface area contributed by atoms with Crippen molar-refractivity contribution in [1.29, 1.82) is 0 Å². The number of rotatable bonds is 10. The van der Waals surface area contributed by atoms with Gasteiger partial charge in [-0.3, -0.25) is 24.2 Å². The van der Waals surface area contributed by atoms with E-state index in [2.05, 4.69) is 15.1 Å². The molecule has 45 heavy (non-hydrogen) atoms. The molecule has 11 heteroatoms. The van der Waals surface area contributed by atoms with Crippen LogP contribution in [-0.2, 0) is 20.7 Å². The van der Waals surface area contributed by atoms with Crippen LogP contribution in [0.1, 0.15) is 60.9 Å². The molecule has 2 aromatic carbocycles. The van der Waals surface area contributed by atoms with Crippen molar-refractivity contribution in [3.63, 3.8) is 0 Å². The molecular weight excluding hydrogens is 617 g/mol. The van der Waals surface area contributed by atoms with Crippen molar-refractivity contribution in [3.8, 4) is 0 Å². The largest absolute Gasteiger partial charge is 0.481 e. The normalized spacial score (nSPS) is 26.4. The van der Waals surface area contributed by atoms with Crippen LogP contribution in [0.25, 0.3) is 10.1 Å². The first kappa shape index (κ1) is 30.7. The number of benzene rings is 2. The molecule has 2 saturated carbocycles. The summed E-state index contributed by atoms with van der Waals surface area (Å²) in [7, 11) is 0. The number of ketones is 1. The number of carbonyl (C=O) groups is 3. The molecule has 238 valence electrons. The van der Waals surface area contributed by atoms with Gasteiger partial charge in [-0.05, 0) is 80.5 Å². The number of thiophene rings is 1. The summed E-state index contributed by atoms with van der Waals surface area (Å²) in [4.78, 5) is 43.6. The number of fused-ring (bicyclic) bond motifs is 2. The second-order valence-electron chi connectivity index (χ2n) is 13.0. The highest BCUT2D eigenvalue weighted by atomic mass is 35.5. The van der Waals surface area contributed by atoms with Crippen LogP contribution in [0.15, 0.2) is 41.8 Å². The van der Waals surface area contributed by atoms with Gasteiger partial charge in [0, 0.05) is 48.1 Å².